The molecule has 0 saturated heterocycles. The number of hydrogen-bond donors (Lipinski definition) is 1. The molecule has 0 saturated carbocycles. The summed E-state index contributed by atoms with van der Waals surface area (Å²) in [5.41, 5.74) is 2.36. The van der Waals surface area contributed by atoms with E-state index in [0.717, 1.165) is 5.75 Å². The van der Waals surface area contributed by atoms with Gasteiger partial charge in [0.2, 0.25) is 0 Å². The van der Waals surface area contributed by atoms with Gasteiger partial charge in [-0.05, 0) is 44.0 Å². The molecule has 0 bridgehead atoms. The van der Waals surface area contributed by atoms with E-state index >= 15 is 0 Å². The van der Waals surface area contributed by atoms with E-state index in [1.54, 1.807) is 7.11 Å². The number of hydrogen-bond acceptors (Lipinski definition) is 2. The number of nitrogens with one attached hydrogen (secondary N) is 1. The zero-order valence-corrected chi connectivity index (χ0v) is 10.8. The van der Waals surface area contributed by atoms with Gasteiger partial charge in [0.15, 0.2) is 0 Å². The second kappa shape index (κ2) is 6.41. The molecule has 1 rings (SSSR count). The number of aryl methyl sites for hydroxylation is 1. The van der Waals surface area contributed by atoms with Crippen LogP contribution in [0.5, 0.6) is 5.75 Å². The maximum absolute atomic E-state index is 5.24. The van der Waals surface area contributed by atoms with Gasteiger partial charge in [-0.15, -0.1) is 0 Å². The lowest BCUT2D eigenvalue weighted by Gasteiger charge is -2.16. The predicted molar refractivity (Wildman–Crippen MR) is 70.3 cm³/mol. The molecule has 0 radical (unpaired) electrons. The Bertz CT molecular complexity index is 323. The first-order chi connectivity index (χ1) is 7.67. The molecule has 90 valence electrons. The average Bonchev–Trinajstić information content (AvgIpc) is 2.26. The van der Waals surface area contributed by atoms with Crippen molar-refractivity contribution in [3.8, 4) is 5.75 Å². The fourth-order valence-electron chi connectivity index (χ4n) is 1.84. The van der Waals surface area contributed by atoms with Crippen LogP contribution < -0.4 is 10.1 Å². The van der Waals surface area contributed by atoms with Gasteiger partial charge >= 0.3 is 0 Å². The quantitative estimate of drug-likeness (QED) is 0.784. The van der Waals surface area contributed by atoms with Gasteiger partial charge in [-0.2, -0.15) is 0 Å². The summed E-state index contributed by atoms with van der Waals surface area (Å²) in [4.78, 5) is 0. The normalized spacial score (nSPS) is 12.2. The molecule has 0 fully saturated rings. The Morgan fingerprint density at radius 1 is 1.38 bits per heavy atom. The second-order valence-corrected chi connectivity index (χ2v) is 4.37. The van der Waals surface area contributed by atoms with Gasteiger partial charge in [-0.1, -0.05) is 19.8 Å². The molecule has 0 aliphatic heterocycles. The van der Waals surface area contributed by atoms with E-state index < -0.39 is 0 Å². The maximum atomic E-state index is 5.24. The fourth-order valence-corrected chi connectivity index (χ4v) is 1.84. The molecule has 1 unspecified atom stereocenters. The van der Waals surface area contributed by atoms with Crippen molar-refractivity contribution < 1.29 is 4.74 Å². The number of unbranched alkanes of at least 4 members (excludes halogenated alkanes) is 1. The van der Waals surface area contributed by atoms with Gasteiger partial charge in [-0.25, -0.2) is 0 Å². The smallest absolute Gasteiger partial charge is 0.121 e. The third-order valence-electron chi connectivity index (χ3n) is 2.80. The molecule has 0 amide bonds. The van der Waals surface area contributed by atoms with Crippen molar-refractivity contribution in [2.75, 3.05) is 12.4 Å². The Balaban J connectivity index is 2.57. The van der Waals surface area contributed by atoms with Gasteiger partial charge in [0.05, 0.1) is 7.11 Å². The van der Waals surface area contributed by atoms with E-state index in [4.69, 9.17) is 4.74 Å². The second-order valence-electron chi connectivity index (χ2n) is 4.37. The first-order valence-corrected chi connectivity index (χ1v) is 6.08. The van der Waals surface area contributed by atoms with Crippen LogP contribution in [0.2, 0.25) is 0 Å². The average molecular weight is 221 g/mol. The van der Waals surface area contributed by atoms with Gasteiger partial charge in [-0.3, -0.25) is 0 Å². The van der Waals surface area contributed by atoms with E-state index in [9.17, 15) is 0 Å². The predicted octanol–water partition coefficient (Wildman–Crippen LogP) is 3.99. The van der Waals surface area contributed by atoms with Crippen LogP contribution in [0, 0.1) is 6.92 Å². The minimum absolute atomic E-state index is 0.535. The Hall–Kier alpha value is -1.18. The Morgan fingerprint density at radius 2 is 2.12 bits per heavy atom. The number of benzene rings is 1. The van der Waals surface area contributed by atoms with Crippen LogP contribution in [0.1, 0.15) is 38.7 Å². The molecular weight excluding hydrogens is 198 g/mol. The van der Waals surface area contributed by atoms with Crippen molar-refractivity contribution in [1.29, 1.82) is 0 Å². The highest BCUT2D eigenvalue weighted by Crippen LogP contribution is 2.22. The highest BCUT2D eigenvalue weighted by molar-refractivity contribution is 5.51. The summed E-state index contributed by atoms with van der Waals surface area (Å²) in [6, 6.07) is 6.77. The lowest BCUT2D eigenvalue weighted by molar-refractivity contribution is 0.412. The van der Waals surface area contributed by atoms with Crippen molar-refractivity contribution in [2.24, 2.45) is 0 Å². The summed E-state index contributed by atoms with van der Waals surface area (Å²) >= 11 is 0. The van der Waals surface area contributed by atoms with Gasteiger partial charge < -0.3 is 10.1 Å². The maximum Gasteiger partial charge on any atom is 0.121 e. The molecule has 2 heteroatoms. The molecule has 1 aromatic carbocycles. The van der Waals surface area contributed by atoms with E-state index in [1.807, 2.05) is 6.07 Å². The van der Waals surface area contributed by atoms with E-state index in [2.05, 4.69) is 38.2 Å². The summed E-state index contributed by atoms with van der Waals surface area (Å²) < 4.78 is 5.24. The third-order valence-corrected chi connectivity index (χ3v) is 2.80. The van der Waals surface area contributed by atoms with E-state index in [1.165, 1.54) is 30.5 Å². The summed E-state index contributed by atoms with van der Waals surface area (Å²) in [7, 11) is 1.71. The van der Waals surface area contributed by atoms with Crippen LogP contribution in [-0.4, -0.2) is 13.2 Å². The molecule has 0 aliphatic rings. The van der Waals surface area contributed by atoms with E-state index in [-0.39, 0.29) is 0 Å². The van der Waals surface area contributed by atoms with Crippen LogP contribution in [0.25, 0.3) is 0 Å². The van der Waals surface area contributed by atoms with Crippen LogP contribution in [0.3, 0.4) is 0 Å². The Morgan fingerprint density at radius 3 is 2.69 bits per heavy atom. The summed E-state index contributed by atoms with van der Waals surface area (Å²) in [5, 5.41) is 3.51. The number of ether oxygens (including phenoxy) is 1. The van der Waals surface area contributed by atoms with Crippen molar-refractivity contribution in [3.05, 3.63) is 23.8 Å². The van der Waals surface area contributed by atoms with Crippen molar-refractivity contribution in [1.82, 2.24) is 0 Å². The largest absolute Gasteiger partial charge is 0.496 e. The highest BCUT2D eigenvalue weighted by atomic mass is 16.5. The molecule has 16 heavy (non-hydrogen) atoms. The first-order valence-electron chi connectivity index (χ1n) is 6.08. The summed E-state index contributed by atoms with van der Waals surface area (Å²) in [6.07, 6.45) is 3.76. The molecule has 1 aromatic rings. The lowest BCUT2D eigenvalue weighted by atomic mass is 10.1. The van der Waals surface area contributed by atoms with Crippen molar-refractivity contribution >= 4 is 5.69 Å². The van der Waals surface area contributed by atoms with Gasteiger partial charge in [0.1, 0.15) is 5.75 Å². The number of methoxy groups -OCH3 is 1. The molecule has 0 heterocycles. The third kappa shape index (κ3) is 3.76. The number of rotatable bonds is 6. The van der Waals surface area contributed by atoms with Gasteiger partial charge in [0, 0.05) is 11.7 Å². The monoisotopic (exact) mass is 221 g/mol. The standard InChI is InChI=1S/C14H23NO/c1-5-6-7-12(3)15-13-8-9-14(16-4)11(2)10-13/h8-10,12,15H,5-7H2,1-4H3. The first kappa shape index (κ1) is 12.9. The molecule has 0 aromatic heterocycles. The van der Waals surface area contributed by atoms with Crippen LogP contribution in [0.15, 0.2) is 18.2 Å². The Kier molecular flexibility index (Phi) is 5.17. The highest BCUT2D eigenvalue weighted by Gasteiger charge is 2.03. The molecule has 0 aliphatic carbocycles. The molecule has 1 N–H and O–H groups in total. The van der Waals surface area contributed by atoms with Crippen molar-refractivity contribution in [2.45, 2.75) is 46.1 Å². The number of anilines is 1. The zero-order chi connectivity index (χ0) is 12.0. The topological polar surface area (TPSA) is 21.3 Å². The summed E-state index contributed by atoms with van der Waals surface area (Å²) in [5.74, 6) is 0.951. The zero-order valence-electron chi connectivity index (χ0n) is 10.8. The molecular formula is C14H23NO. The SMILES string of the molecule is CCCCC(C)Nc1ccc(OC)c(C)c1. The van der Waals surface area contributed by atoms with Crippen LogP contribution >= 0.6 is 0 Å². The summed E-state index contributed by atoms with van der Waals surface area (Å²) in [6.45, 7) is 6.53. The minimum atomic E-state index is 0.535. The Labute approximate surface area is 99.0 Å². The molecule has 0 spiro atoms. The van der Waals surface area contributed by atoms with Crippen molar-refractivity contribution in [3.63, 3.8) is 0 Å². The molecule has 2 nitrogen and oxygen atoms in total. The van der Waals surface area contributed by atoms with Crippen LogP contribution in [-0.2, 0) is 0 Å². The minimum Gasteiger partial charge on any atom is -0.496 e. The van der Waals surface area contributed by atoms with Gasteiger partial charge in [0.25, 0.3) is 0 Å². The van der Waals surface area contributed by atoms with E-state index in [0.29, 0.717) is 6.04 Å². The van der Waals surface area contributed by atoms with Crippen LogP contribution in [0.4, 0.5) is 5.69 Å². The molecule has 1 atom stereocenters. The fraction of sp³-hybridized carbons (Fsp3) is 0.571. The lowest BCUT2D eigenvalue weighted by Crippen LogP contribution is -2.14.